The van der Waals surface area contributed by atoms with E-state index in [1.165, 1.54) is 18.4 Å². The van der Waals surface area contributed by atoms with Crippen molar-refractivity contribution in [3.63, 3.8) is 0 Å². The molecule has 0 saturated heterocycles. The molecule has 1 amide bonds. The third-order valence-electron chi connectivity index (χ3n) is 4.45. The summed E-state index contributed by atoms with van der Waals surface area (Å²) < 4.78 is 13.1. The molecule has 0 radical (unpaired) electrons. The maximum Gasteiger partial charge on any atom is 0.325 e. The number of nitrogens with zero attached hydrogens (tertiary/aromatic N) is 2. The van der Waals surface area contributed by atoms with Crippen LogP contribution in [-0.4, -0.2) is 23.6 Å². The van der Waals surface area contributed by atoms with Gasteiger partial charge in [-0.25, -0.2) is 0 Å². The van der Waals surface area contributed by atoms with Gasteiger partial charge in [0.2, 0.25) is 0 Å². The van der Waals surface area contributed by atoms with Gasteiger partial charge < -0.3 is 14.0 Å². The first-order chi connectivity index (χ1) is 15.0. The third kappa shape index (κ3) is 4.68. The van der Waals surface area contributed by atoms with Crippen LogP contribution in [0.3, 0.4) is 0 Å². The maximum absolute atomic E-state index is 13.1. The Bertz CT molecular complexity index is 1330. The molecule has 4 aromatic rings. The Labute approximate surface area is 187 Å². The minimum atomic E-state index is -0.484. The second-order valence-corrected chi connectivity index (χ2v) is 7.93. The van der Waals surface area contributed by atoms with Crippen molar-refractivity contribution in [3.05, 3.63) is 88.2 Å². The molecule has 6 nitrogen and oxygen atoms in total. The molecule has 0 unspecified atom stereocenters. The minimum Gasteiger partial charge on any atom is -0.468 e. The molecule has 156 valence electrons. The first-order valence-corrected chi connectivity index (χ1v) is 10.5. The van der Waals surface area contributed by atoms with Crippen molar-refractivity contribution in [2.75, 3.05) is 7.11 Å². The first-order valence-electron chi connectivity index (χ1n) is 9.32. The van der Waals surface area contributed by atoms with Crippen molar-refractivity contribution < 1.29 is 19.1 Å². The molecule has 4 rings (SSSR count). The van der Waals surface area contributed by atoms with Gasteiger partial charge in [-0.1, -0.05) is 53.3 Å². The SMILES string of the molecule is COC(=O)Cn1c(=NC(=O)c2ccccc2Oc2ccccc2)sc2cc(Cl)ccc21. The molecular weight excluding hydrogens is 436 g/mol. The molecule has 0 spiro atoms. The molecule has 1 aromatic heterocycles. The molecule has 0 bridgehead atoms. The van der Waals surface area contributed by atoms with E-state index in [0.29, 0.717) is 26.9 Å². The molecule has 0 aliphatic heterocycles. The van der Waals surface area contributed by atoms with Crippen LogP contribution >= 0.6 is 22.9 Å². The third-order valence-corrected chi connectivity index (χ3v) is 5.72. The lowest BCUT2D eigenvalue weighted by molar-refractivity contribution is -0.141. The number of thiazole rings is 1. The van der Waals surface area contributed by atoms with Crippen molar-refractivity contribution in [2.45, 2.75) is 6.54 Å². The van der Waals surface area contributed by atoms with Crippen LogP contribution in [0.4, 0.5) is 0 Å². The highest BCUT2D eigenvalue weighted by molar-refractivity contribution is 7.16. The molecule has 31 heavy (non-hydrogen) atoms. The van der Waals surface area contributed by atoms with Crippen LogP contribution in [0.15, 0.2) is 77.8 Å². The van der Waals surface area contributed by atoms with Gasteiger partial charge in [0.15, 0.2) is 4.80 Å². The normalized spacial score (nSPS) is 11.5. The highest BCUT2D eigenvalue weighted by atomic mass is 35.5. The predicted molar refractivity (Wildman–Crippen MR) is 120 cm³/mol. The van der Waals surface area contributed by atoms with Crippen LogP contribution < -0.4 is 9.54 Å². The number of carbonyl (C=O) groups is 2. The number of esters is 1. The Morgan fingerprint density at radius 3 is 2.55 bits per heavy atom. The van der Waals surface area contributed by atoms with Gasteiger partial charge in [-0.2, -0.15) is 4.99 Å². The molecule has 0 N–H and O–H groups in total. The monoisotopic (exact) mass is 452 g/mol. The summed E-state index contributed by atoms with van der Waals surface area (Å²) in [6, 6.07) is 21.4. The number of ether oxygens (including phenoxy) is 2. The van der Waals surface area contributed by atoms with E-state index < -0.39 is 11.9 Å². The number of hydrogen-bond donors (Lipinski definition) is 0. The van der Waals surface area contributed by atoms with Crippen molar-refractivity contribution in [3.8, 4) is 11.5 Å². The van der Waals surface area contributed by atoms with E-state index in [1.807, 2.05) is 18.2 Å². The lowest BCUT2D eigenvalue weighted by Gasteiger charge is -2.08. The number of benzene rings is 3. The lowest BCUT2D eigenvalue weighted by atomic mass is 10.2. The highest BCUT2D eigenvalue weighted by Crippen LogP contribution is 2.26. The van der Waals surface area contributed by atoms with Crippen LogP contribution in [-0.2, 0) is 16.1 Å². The van der Waals surface area contributed by atoms with Crippen molar-refractivity contribution in [1.82, 2.24) is 4.57 Å². The number of halogens is 1. The number of rotatable bonds is 5. The summed E-state index contributed by atoms with van der Waals surface area (Å²) in [5, 5.41) is 0.554. The van der Waals surface area contributed by atoms with Crippen molar-refractivity contribution in [2.24, 2.45) is 4.99 Å². The quantitative estimate of drug-likeness (QED) is 0.397. The standard InChI is InChI=1S/C23H17ClN2O4S/c1-29-21(27)14-26-18-12-11-15(24)13-20(18)31-23(26)25-22(28)17-9-5-6-10-19(17)30-16-7-3-2-4-8-16/h2-13H,14H2,1H3. The summed E-state index contributed by atoms with van der Waals surface area (Å²) in [6.07, 6.45) is 0. The number of fused-ring (bicyclic) bond motifs is 1. The van der Waals surface area contributed by atoms with Gasteiger partial charge in [-0.15, -0.1) is 0 Å². The van der Waals surface area contributed by atoms with E-state index in [1.54, 1.807) is 59.2 Å². The Morgan fingerprint density at radius 2 is 1.77 bits per heavy atom. The summed E-state index contributed by atoms with van der Waals surface area (Å²) in [4.78, 5) is 29.7. The molecule has 0 aliphatic carbocycles. The van der Waals surface area contributed by atoms with Gasteiger partial charge in [-0.3, -0.25) is 9.59 Å². The first kappa shape index (κ1) is 20.8. The van der Waals surface area contributed by atoms with E-state index in [-0.39, 0.29) is 6.54 Å². The van der Waals surface area contributed by atoms with Gasteiger partial charge in [0.25, 0.3) is 5.91 Å². The number of hydrogen-bond acceptors (Lipinski definition) is 5. The van der Waals surface area contributed by atoms with E-state index in [0.717, 1.165) is 10.2 Å². The molecule has 1 heterocycles. The Balaban J connectivity index is 1.78. The smallest absolute Gasteiger partial charge is 0.325 e. The van der Waals surface area contributed by atoms with E-state index in [2.05, 4.69) is 4.99 Å². The maximum atomic E-state index is 13.1. The summed E-state index contributed by atoms with van der Waals surface area (Å²) in [5.41, 5.74) is 1.05. The zero-order chi connectivity index (χ0) is 21.8. The summed E-state index contributed by atoms with van der Waals surface area (Å²) >= 11 is 7.37. The van der Waals surface area contributed by atoms with Gasteiger partial charge in [-0.05, 0) is 42.5 Å². The predicted octanol–water partition coefficient (Wildman–Crippen LogP) is 5.06. The Kier molecular flexibility index (Phi) is 6.16. The molecule has 8 heteroatoms. The molecule has 0 saturated carbocycles. The molecular formula is C23H17ClN2O4S. The second kappa shape index (κ2) is 9.16. The topological polar surface area (TPSA) is 69.9 Å². The Hall–Kier alpha value is -3.42. The van der Waals surface area contributed by atoms with Crippen molar-refractivity contribution >= 4 is 45.0 Å². The largest absolute Gasteiger partial charge is 0.468 e. The van der Waals surface area contributed by atoms with Crippen LogP contribution in [0.5, 0.6) is 11.5 Å². The van der Waals surface area contributed by atoms with Gasteiger partial charge in [0, 0.05) is 5.02 Å². The van der Waals surface area contributed by atoms with Crippen LogP contribution in [0.1, 0.15) is 10.4 Å². The van der Waals surface area contributed by atoms with Crippen LogP contribution in [0, 0.1) is 0 Å². The van der Waals surface area contributed by atoms with Crippen LogP contribution in [0.2, 0.25) is 5.02 Å². The number of carbonyl (C=O) groups excluding carboxylic acids is 2. The van der Waals surface area contributed by atoms with E-state index in [4.69, 9.17) is 21.1 Å². The van der Waals surface area contributed by atoms with Gasteiger partial charge in [0.05, 0.1) is 22.9 Å². The minimum absolute atomic E-state index is 0.0770. The fourth-order valence-corrected chi connectivity index (χ4v) is 4.28. The zero-order valence-electron chi connectivity index (χ0n) is 16.4. The highest BCUT2D eigenvalue weighted by Gasteiger charge is 2.15. The summed E-state index contributed by atoms with van der Waals surface area (Å²) in [5.74, 6) is 0.0743. The van der Waals surface area contributed by atoms with Gasteiger partial charge >= 0.3 is 5.97 Å². The van der Waals surface area contributed by atoms with Crippen molar-refractivity contribution in [1.29, 1.82) is 0 Å². The molecule has 0 fully saturated rings. The van der Waals surface area contributed by atoms with E-state index >= 15 is 0 Å². The fraction of sp³-hybridized carbons (Fsp3) is 0.0870. The average molecular weight is 453 g/mol. The Morgan fingerprint density at radius 1 is 1.03 bits per heavy atom. The van der Waals surface area contributed by atoms with Gasteiger partial charge in [0.1, 0.15) is 18.0 Å². The number of methoxy groups -OCH3 is 1. The molecule has 0 atom stereocenters. The second-order valence-electron chi connectivity index (χ2n) is 6.49. The summed E-state index contributed by atoms with van der Waals surface area (Å²) in [6.45, 7) is -0.0770. The zero-order valence-corrected chi connectivity index (χ0v) is 18.0. The fourth-order valence-electron chi connectivity index (χ4n) is 2.97. The van der Waals surface area contributed by atoms with E-state index in [9.17, 15) is 9.59 Å². The average Bonchev–Trinajstić information content (AvgIpc) is 3.10. The number of amides is 1. The molecule has 3 aromatic carbocycles. The number of aromatic nitrogens is 1. The number of para-hydroxylation sites is 2. The summed E-state index contributed by atoms with van der Waals surface area (Å²) in [7, 11) is 1.31. The lowest BCUT2D eigenvalue weighted by Crippen LogP contribution is -2.22. The van der Waals surface area contributed by atoms with Crippen LogP contribution in [0.25, 0.3) is 10.2 Å². The molecule has 0 aliphatic rings.